The summed E-state index contributed by atoms with van der Waals surface area (Å²) >= 11 is 0. The van der Waals surface area contributed by atoms with Gasteiger partial charge in [0.05, 0.1) is 27.8 Å². The van der Waals surface area contributed by atoms with Gasteiger partial charge in [0.2, 0.25) is 0 Å². The summed E-state index contributed by atoms with van der Waals surface area (Å²) in [7, 11) is 0. The summed E-state index contributed by atoms with van der Waals surface area (Å²) in [4.78, 5) is 16.4. The van der Waals surface area contributed by atoms with Crippen molar-refractivity contribution in [1.82, 2.24) is 24.1 Å². The lowest BCUT2D eigenvalue weighted by molar-refractivity contribution is 1.07. The maximum absolute atomic E-state index is 5.57. The first kappa shape index (κ1) is 38.1. The number of fused-ring (bicyclic) bond motifs is 9. The van der Waals surface area contributed by atoms with Crippen molar-refractivity contribution in [2.75, 3.05) is 0 Å². The second-order valence-corrected chi connectivity index (χ2v) is 17.6. The molecule has 0 atom stereocenters. The van der Waals surface area contributed by atoms with E-state index in [9.17, 15) is 0 Å². The number of rotatable bonds is 6. The molecule has 0 radical (unpaired) electrons. The standard InChI is InChI=1S/C63H39N5/c1-3-19-41(20-4-1)61-64-62(52-31-17-30-51-48-27-13-15-32-56(48)67(59(51)52)46-24-5-2-6-25-46)66-63(65-61)55-39-53(45-35-34-40-18-7-8-21-42(40)36-45)60(50-29-12-11-26-47(50)55)68-57-33-16-14-28-49(57)54-37-43-22-9-10-23-44(43)38-58(54)68/h1-39H. The van der Waals surface area contributed by atoms with E-state index in [1.165, 1.54) is 37.7 Å². The van der Waals surface area contributed by atoms with Gasteiger partial charge in [-0.3, -0.25) is 0 Å². The Hall–Kier alpha value is -9.19. The monoisotopic (exact) mass is 865 g/mol. The van der Waals surface area contributed by atoms with Gasteiger partial charge in [-0.25, -0.2) is 15.0 Å². The van der Waals surface area contributed by atoms with E-state index in [2.05, 4.69) is 228 Å². The Kier molecular flexibility index (Phi) is 8.52. The summed E-state index contributed by atoms with van der Waals surface area (Å²) in [5, 5.41) is 11.7. The zero-order valence-corrected chi connectivity index (χ0v) is 36.8. The van der Waals surface area contributed by atoms with E-state index in [1.807, 2.05) is 18.2 Å². The molecule has 14 rings (SSSR count). The molecule has 11 aromatic carbocycles. The molecule has 0 aliphatic carbocycles. The van der Waals surface area contributed by atoms with Crippen LogP contribution in [0.1, 0.15) is 0 Å². The molecule has 0 unspecified atom stereocenters. The fourth-order valence-electron chi connectivity index (χ4n) is 10.6. The lowest BCUT2D eigenvalue weighted by atomic mass is 9.92. The highest BCUT2D eigenvalue weighted by Gasteiger charge is 2.25. The Morgan fingerprint density at radius 2 is 0.809 bits per heavy atom. The van der Waals surface area contributed by atoms with Crippen molar-refractivity contribution in [1.29, 1.82) is 0 Å². The number of hydrogen-bond donors (Lipinski definition) is 0. The summed E-state index contributed by atoms with van der Waals surface area (Å²) in [5.74, 6) is 1.82. The zero-order valence-electron chi connectivity index (χ0n) is 36.8. The molecule has 0 aliphatic rings. The largest absolute Gasteiger partial charge is 0.309 e. The van der Waals surface area contributed by atoms with Crippen LogP contribution in [0.15, 0.2) is 237 Å². The van der Waals surface area contributed by atoms with Crippen LogP contribution < -0.4 is 0 Å². The summed E-state index contributed by atoms with van der Waals surface area (Å²) in [6.45, 7) is 0. The van der Waals surface area contributed by atoms with Crippen LogP contribution in [0.5, 0.6) is 0 Å². The van der Waals surface area contributed by atoms with Crippen LogP contribution in [-0.4, -0.2) is 24.1 Å². The molecule has 5 heteroatoms. The Balaban J connectivity index is 1.11. The van der Waals surface area contributed by atoms with Gasteiger partial charge in [0.25, 0.3) is 0 Å². The first-order valence-electron chi connectivity index (χ1n) is 23.1. The first-order chi connectivity index (χ1) is 33.7. The van der Waals surface area contributed by atoms with Gasteiger partial charge in [-0.05, 0) is 87.1 Å². The van der Waals surface area contributed by atoms with Gasteiger partial charge < -0.3 is 9.13 Å². The lowest BCUT2D eigenvalue weighted by Crippen LogP contribution is -2.04. The number of nitrogens with zero attached hydrogens (tertiary/aromatic N) is 5. The average Bonchev–Trinajstić information content (AvgIpc) is 3.92. The van der Waals surface area contributed by atoms with Gasteiger partial charge in [-0.15, -0.1) is 0 Å². The van der Waals surface area contributed by atoms with Gasteiger partial charge >= 0.3 is 0 Å². The van der Waals surface area contributed by atoms with Crippen LogP contribution in [0.25, 0.3) is 133 Å². The van der Waals surface area contributed by atoms with Gasteiger partial charge in [0.15, 0.2) is 17.5 Å². The van der Waals surface area contributed by atoms with Gasteiger partial charge in [-0.1, -0.05) is 182 Å². The van der Waals surface area contributed by atoms with Crippen LogP contribution in [0.3, 0.4) is 0 Å². The van der Waals surface area contributed by atoms with Crippen molar-refractivity contribution in [3.8, 4) is 56.7 Å². The fraction of sp³-hybridized carbons (Fsp3) is 0. The van der Waals surface area contributed by atoms with Crippen molar-refractivity contribution in [3.63, 3.8) is 0 Å². The average molecular weight is 866 g/mol. The molecule has 0 spiro atoms. The Morgan fingerprint density at radius 3 is 1.56 bits per heavy atom. The fourth-order valence-corrected chi connectivity index (χ4v) is 10.6. The van der Waals surface area contributed by atoms with Crippen LogP contribution in [0.2, 0.25) is 0 Å². The van der Waals surface area contributed by atoms with Crippen molar-refractivity contribution in [2.45, 2.75) is 0 Å². The molecule has 0 amide bonds. The molecular weight excluding hydrogens is 827 g/mol. The van der Waals surface area contributed by atoms with Crippen LogP contribution in [0, 0.1) is 0 Å². The molecule has 0 aliphatic heterocycles. The minimum Gasteiger partial charge on any atom is -0.309 e. The minimum absolute atomic E-state index is 0.603. The highest BCUT2D eigenvalue weighted by Crippen LogP contribution is 2.45. The van der Waals surface area contributed by atoms with Gasteiger partial charge in [-0.2, -0.15) is 0 Å². The van der Waals surface area contributed by atoms with Gasteiger partial charge in [0.1, 0.15) is 0 Å². The van der Waals surface area contributed by atoms with Crippen molar-refractivity contribution in [3.05, 3.63) is 237 Å². The highest BCUT2D eigenvalue weighted by molar-refractivity contribution is 6.17. The molecule has 0 bridgehead atoms. The molecule has 316 valence electrons. The van der Waals surface area contributed by atoms with E-state index in [1.54, 1.807) is 0 Å². The molecule has 0 fully saturated rings. The SMILES string of the molecule is c1ccc(-c2nc(-c3cc(-c4ccc5ccccc5c4)c(-n4c5ccccc5c5cc6ccccc6cc54)c4ccccc34)nc(-c3cccc4c5ccccc5n(-c5ccccc5)c34)n2)cc1. The second kappa shape index (κ2) is 15.2. The van der Waals surface area contributed by atoms with E-state index in [-0.39, 0.29) is 0 Å². The summed E-state index contributed by atoms with van der Waals surface area (Å²) in [6.07, 6.45) is 0. The third kappa shape index (κ3) is 5.93. The van der Waals surface area contributed by atoms with E-state index in [4.69, 9.17) is 15.0 Å². The van der Waals surface area contributed by atoms with Crippen molar-refractivity contribution >= 4 is 75.9 Å². The van der Waals surface area contributed by atoms with E-state index in [0.29, 0.717) is 17.5 Å². The Morgan fingerprint density at radius 1 is 0.265 bits per heavy atom. The van der Waals surface area contributed by atoms with Crippen molar-refractivity contribution < 1.29 is 0 Å². The predicted molar refractivity (Wildman–Crippen MR) is 283 cm³/mol. The maximum atomic E-state index is 5.57. The van der Waals surface area contributed by atoms with E-state index in [0.717, 1.165) is 77.4 Å². The molecule has 0 N–H and O–H groups in total. The molecule has 14 aromatic rings. The van der Waals surface area contributed by atoms with Crippen LogP contribution in [0.4, 0.5) is 0 Å². The van der Waals surface area contributed by atoms with Gasteiger partial charge in [0, 0.05) is 54.9 Å². The molecular formula is C63H39N5. The quantitative estimate of drug-likeness (QED) is 0.167. The molecule has 0 saturated heterocycles. The summed E-state index contributed by atoms with van der Waals surface area (Å²) < 4.78 is 4.84. The summed E-state index contributed by atoms with van der Waals surface area (Å²) in [5.41, 5.74) is 11.6. The maximum Gasteiger partial charge on any atom is 0.166 e. The van der Waals surface area contributed by atoms with Crippen LogP contribution in [-0.2, 0) is 0 Å². The Bertz CT molecular complexity index is 4320. The summed E-state index contributed by atoms with van der Waals surface area (Å²) in [6, 6.07) is 84.7. The molecule has 3 aromatic heterocycles. The molecule has 68 heavy (non-hydrogen) atoms. The highest BCUT2D eigenvalue weighted by atomic mass is 15.1. The number of para-hydroxylation sites is 4. The Labute approximate surface area is 391 Å². The topological polar surface area (TPSA) is 48.5 Å². The third-order valence-corrected chi connectivity index (χ3v) is 13.7. The molecule has 0 saturated carbocycles. The minimum atomic E-state index is 0.603. The molecule has 5 nitrogen and oxygen atoms in total. The van der Waals surface area contributed by atoms with Crippen LogP contribution >= 0.6 is 0 Å². The lowest BCUT2D eigenvalue weighted by Gasteiger charge is -2.20. The predicted octanol–water partition coefficient (Wildman–Crippen LogP) is 16.2. The number of aromatic nitrogens is 5. The third-order valence-electron chi connectivity index (χ3n) is 13.7. The van der Waals surface area contributed by atoms with E-state index >= 15 is 0 Å². The molecule has 3 heterocycles. The van der Waals surface area contributed by atoms with E-state index < -0.39 is 0 Å². The normalized spacial score (nSPS) is 11.8. The smallest absolute Gasteiger partial charge is 0.166 e. The number of benzene rings is 11. The van der Waals surface area contributed by atoms with Crippen molar-refractivity contribution in [2.24, 2.45) is 0 Å². The first-order valence-corrected chi connectivity index (χ1v) is 23.1. The second-order valence-electron chi connectivity index (χ2n) is 17.6. The number of hydrogen-bond acceptors (Lipinski definition) is 3. The zero-order chi connectivity index (χ0) is 44.7.